The zero-order chi connectivity index (χ0) is 23.5. The summed E-state index contributed by atoms with van der Waals surface area (Å²) in [5, 5.41) is 7.46. The number of aromatic nitrogens is 3. The Kier molecular flexibility index (Phi) is 6.78. The van der Waals surface area contributed by atoms with Crippen molar-refractivity contribution < 1.29 is 9.08 Å². The summed E-state index contributed by atoms with van der Waals surface area (Å²) in [5.41, 5.74) is 12.1. The van der Waals surface area contributed by atoms with Gasteiger partial charge in [0.05, 0.1) is 11.9 Å². The molecule has 0 saturated carbocycles. The van der Waals surface area contributed by atoms with Crippen LogP contribution >= 0.6 is 0 Å². The summed E-state index contributed by atoms with van der Waals surface area (Å²) >= 11 is -1.04. The van der Waals surface area contributed by atoms with Crippen molar-refractivity contribution in [3.63, 3.8) is 0 Å². The number of benzene rings is 2. The molecule has 2 aromatic carbocycles. The number of hydrogen-bond donors (Lipinski definition) is 2. The maximum atomic E-state index is 12.3. The highest BCUT2D eigenvalue weighted by molar-refractivity contribution is 7.92. The molecule has 0 aliphatic heterocycles. The van der Waals surface area contributed by atoms with E-state index in [4.69, 9.17) is 10.3 Å². The summed E-state index contributed by atoms with van der Waals surface area (Å²) in [6, 6.07) is 15.6. The molecule has 0 spiro atoms. The molecular formula is C25H27N5O2S. The van der Waals surface area contributed by atoms with Crippen molar-refractivity contribution in [3.8, 4) is 34.0 Å². The highest BCUT2D eigenvalue weighted by Gasteiger charge is 2.18. The summed E-state index contributed by atoms with van der Waals surface area (Å²) in [4.78, 5) is 9.78. The maximum absolute atomic E-state index is 12.3. The molecule has 33 heavy (non-hydrogen) atoms. The first-order valence-electron chi connectivity index (χ1n) is 10.7. The van der Waals surface area contributed by atoms with Crippen LogP contribution in [0.3, 0.4) is 0 Å². The summed E-state index contributed by atoms with van der Waals surface area (Å²) < 4.78 is 17.9. The fraction of sp³-hybridized carbons (Fsp3) is 0.240. The fourth-order valence-electron chi connectivity index (χ4n) is 3.59. The van der Waals surface area contributed by atoms with E-state index in [2.05, 4.69) is 32.6 Å². The summed E-state index contributed by atoms with van der Waals surface area (Å²) in [7, 11) is 1.92. The molecule has 8 heteroatoms. The molecule has 7 nitrogen and oxygen atoms in total. The van der Waals surface area contributed by atoms with Gasteiger partial charge in [0.2, 0.25) is 0 Å². The van der Waals surface area contributed by atoms with Gasteiger partial charge in [-0.2, -0.15) is 0 Å². The maximum Gasteiger partial charge on any atom is 0.189 e. The van der Waals surface area contributed by atoms with Crippen molar-refractivity contribution in [2.24, 2.45) is 0 Å². The number of nitrogens with two attached hydrogens (primary N) is 1. The van der Waals surface area contributed by atoms with Gasteiger partial charge in [0, 0.05) is 23.7 Å². The first-order valence-corrected chi connectivity index (χ1v) is 11.9. The molecule has 0 amide bonds. The molecule has 0 aliphatic carbocycles. The van der Waals surface area contributed by atoms with Gasteiger partial charge in [0.25, 0.3) is 0 Å². The lowest BCUT2D eigenvalue weighted by Crippen LogP contribution is -2.13. The van der Waals surface area contributed by atoms with Crippen molar-refractivity contribution in [1.82, 2.24) is 20.4 Å². The fourth-order valence-corrected chi connectivity index (χ4v) is 4.54. The van der Waals surface area contributed by atoms with Gasteiger partial charge in [0.1, 0.15) is 10.9 Å². The molecule has 0 saturated heterocycles. The third-order valence-electron chi connectivity index (χ3n) is 5.30. The van der Waals surface area contributed by atoms with E-state index in [1.54, 1.807) is 6.20 Å². The molecule has 2 heterocycles. The number of nitrogens with one attached hydrogen (secondary N) is 1. The summed E-state index contributed by atoms with van der Waals surface area (Å²) in [6.45, 7) is 6.73. The second kappa shape index (κ2) is 9.74. The van der Waals surface area contributed by atoms with E-state index in [9.17, 15) is 4.55 Å². The SMILES string of the molecule is CNCc1ccc(-c2cc(-c3nc(-c4ccc([S+]([O-])C(C)C)cc4)cnc3N)on2)c(C)c1. The third-order valence-corrected chi connectivity index (χ3v) is 6.90. The third kappa shape index (κ3) is 4.93. The quantitative estimate of drug-likeness (QED) is 0.387. The highest BCUT2D eigenvalue weighted by atomic mass is 32.2. The standard InChI is InChI=1S/C25H27N5O2S/c1-15(2)33(31)19-8-6-18(7-9-19)22-14-28-25(26)24(29-22)23-12-21(30-32-23)20-10-5-17(13-27-4)11-16(20)3/h5-12,14-15,27H,13H2,1-4H3,(H2,26,28). The number of hydrogen-bond acceptors (Lipinski definition) is 7. The van der Waals surface area contributed by atoms with Gasteiger partial charge in [0.15, 0.2) is 22.2 Å². The van der Waals surface area contributed by atoms with Crippen molar-refractivity contribution in [1.29, 1.82) is 0 Å². The van der Waals surface area contributed by atoms with Crippen LogP contribution in [0.4, 0.5) is 5.82 Å². The molecule has 1 unspecified atom stereocenters. The number of aryl methyl sites for hydroxylation is 1. The van der Waals surface area contributed by atoms with Crippen molar-refractivity contribution in [2.45, 2.75) is 37.5 Å². The Hall–Kier alpha value is -3.20. The molecule has 170 valence electrons. The first-order chi connectivity index (χ1) is 15.9. The Bertz CT molecular complexity index is 1250. The van der Waals surface area contributed by atoms with Gasteiger partial charge in [-0.05, 0) is 74.4 Å². The molecule has 0 bridgehead atoms. The average molecular weight is 462 g/mol. The molecule has 2 aromatic heterocycles. The lowest BCUT2D eigenvalue weighted by molar-refractivity contribution is 0.433. The summed E-state index contributed by atoms with van der Waals surface area (Å²) in [6.07, 6.45) is 1.62. The number of rotatable bonds is 7. The van der Waals surface area contributed by atoms with E-state index >= 15 is 0 Å². The van der Waals surface area contributed by atoms with Gasteiger partial charge < -0.3 is 20.1 Å². The van der Waals surface area contributed by atoms with Gasteiger partial charge in [-0.3, -0.25) is 0 Å². The van der Waals surface area contributed by atoms with Gasteiger partial charge >= 0.3 is 0 Å². The molecule has 0 radical (unpaired) electrons. The van der Waals surface area contributed by atoms with Crippen LogP contribution in [0.15, 0.2) is 64.1 Å². The predicted octanol–water partition coefficient (Wildman–Crippen LogP) is 4.59. The van der Waals surface area contributed by atoms with Crippen LogP contribution < -0.4 is 11.1 Å². The van der Waals surface area contributed by atoms with E-state index in [1.807, 2.05) is 64.2 Å². The lowest BCUT2D eigenvalue weighted by Gasteiger charge is -2.14. The number of nitrogens with zero attached hydrogens (tertiary/aromatic N) is 3. The minimum Gasteiger partial charge on any atom is -0.611 e. The largest absolute Gasteiger partial charge is 0.611 e. The molecule has 0 aliphatic rings. The minimum atomic E-state index is -1.04. The van der Waals surface area contributed by atoms with Crippen LogP contribution in [0.2, 0.25) is 0 Å². The van der Waals surface area contributed by atoms with Gasteiger partial charge in [-0.25, -0.2) is 9.97 Å². The second-order valence-electron chi connectivity index (χ2n) is 8.12. The second-order valence-corrected chi connectivity index (χ2v) is 10.1. The van der Waals surface area contributed by atoms with Crippen molar-refractivity contribution in [2.75, 3.05) is 12.8 Å². The van der Waals surface area contributed by atoms with Crippen LogP contribution in [-0.4, -0.2) is 32.0 Å². The van der Waals surface area contributed by atoms with Crippen LogP contribution in [-0.2, 0) is 17.7 Å². The van der Waals surface area contributed by atoms with E-state index in [1.165, 1.54) is 5.56 Å². The Morgan fingerprint density at radius 1 is 1.09 bits per heavy atom. The molecule has 3 N–H and O–H groups in total. The Morgan fingerprint density at radius 2 is 1.85 bits per heavy atom. The van der Waals surface area contributed by atoms with Gasteiger partial charge in [-0.15, -0.1) is 0 Å². The topological polar surface area (TPSA) is 113 Å². The first kappa shape index (κ1) is 23.0. The minimum absolute atomic E-state index is 0.0579. The monoisotopic (exact) mass is 461 g/mol. The summed E-state index contributed by atoms with van der Waals surface area (Å²) in [5.74, 6) is 0.716. The van der Waals surface area contributed by atoms with Crippen LogP contribution in [0.25, 0.3) is 34.0 Å². The normalized spacial score (nSPS) is 12.3. The molecule has 4 aromatic rings. The van der Waals surface area contributed by atoms with Crippen LogP contribution in [0, 0.1) is 6.92 Å². The highest BCUT2D eigenvalue weighted by Crippen LogP contribution is 2.31. The van der Waals surface area contributed by atoms with Crippen LogP contribution in [0.5, 0.6) is 0 Å². The molecular weight excluding hydrogens is 434 g/mol. The number of anilines is 1. The van der Waals surface area contributed by atoms with Gasteiger partial charge in [-0.1, -0.05) is 23.4 Å². The molecule has 1 atom stereocenters. The zero-order valence-corrected chi connectivity index (χ0v) is 19.9. The molecule has 0 fully saturated rings. The van der Waals surface area contributed by atoms with E-state index in [0.717, 1.165) is 28.1 Å². The van der Waals surface area contributed by atoms with Crippen LogP contribution in [0.1, 0.15) is 25.0 Å². The zero-order valence-electron chi connectivity index (χ0n) is 19.1. The average Bonchev–Trinajstić information content (AvgIpc) is 3.29. The predicted molar refractivity (Wildman–Crippen MR) is 132 cm³/mol. The lowest BCUT2D eigenvalue weighted by atomic mass is 10.0. The van der Waals surface area contributed by atoms with E-state index in [-0.39, 0.29) is 11.1 Å². The smallest absolute Gasteiger partial charge is 0.189 e. The molecule has 4 rings (SSSR count). The number of nitrogen functional groups attached to an aromatic ring is 1. The Balaban J connectivity index is 1.64. The van der Waals surface area contributed by atoms with Crippen molar-refractivity contribution in [3.05, 3.63) is 65.9 Å². The van der Waals surface area contributed by atoms with E-state index in [0.29, 0.717) is 22.8 Å². The van der Waals surface area contributed by atoms with E-state index < -0.39 is 11.2 Å². The Morgan fingerprint density at radius 3 is 2.52 bits per heavy atom. The van der Waals surface area contributed by atoms with Crippen molar-refractivity contribution >= 4 is 17.0 Å². The Labute approximate surface area is 196 Å².